The molecule has 0 amide bonds. The van der Waals surface area contributed by atoms with Crippen molar-refractivity contribution in [2.45, 2.75) is 30.6 Å². The Morgan fingerprint density at radius 2 is 1.65 bits per heavy atom. The number of hydrogen-bond donors (Lipinski definition) is 0. The molecule has 0 saturated heterocycles. The van der Waals surface area contributed by atoms with Gasteiger partial charge in [0.1, 0.15) is 5.75 Å². The molecule has 0 aliphatic rings. The molecule has 23 heavy (non-hydrogen) atoms. The number of nitrogens with zero attached hydrogens (tertiary/aromatic N) is 1. The predicted molar refractivity (Wildman–Crippen MR) is 90.7 cm³/mol. The molecular formula is C17H19NO4S. The maximum atomic E-state index is 11.2. The first-order valence-corrected chi connectivity index (χ1v) is 8.19. The second-order valence-corrected chi connectivity index (χ2v) is 5.92. The normalized spacial score (nSPS) is 10.4. The van der Waals surface area contributed by atoms with E-state index < -0.39 is 4.92 Å². The fraction of sp³-hybridized carbons (Fsp3) is 0.294. The molecule has 0 N–H and O–H groups in total. The maximum absolute atomic E-state index is 11.2. The van der Waals surface area contributed by atoms with Crippen molar-refractivity contribution in [1.29, 1.82) is 0 Å². The smallest absolute Gasteiger partial charge is 0.314 e. The predicted octanol–water partition coefficient (Wildman–Crippen LogP) is 4.85. The van der Waals surface area contributed by atoms with Crippen LogP contribution in [-0.4, -0.2) is 18.1 Å². The number of hydrogen-bond acceptors (Lipinski definition) is 5. The number of nitro groups is 1. The third-order valence-corrected chi connectivity index (χ3v) is 4.12. The quantitative estimate of drug-likeness (QED) is 0.535. The zero-order valence-corrected chi connectivity index (χ0v) is 14.2. The highest BCUT2D eigenvalue weighted by Crippen LogP contribution is 2.42. The first kappa shape index (κ1) is 17.1. The molecular weight excluding hydrogens is 314 g/mol. The Morgan fingerprint density at radius 3 is 2.22 bits per heavy atom. The molecule has 0 radical (unpaired) electrons. The molecule has 0 fully saturated rings. The molecule has 2 aromatic rings. The van der Waals surface area contributed by atoms with Crippen molar-refractivity contribution < 1.29 is 14.4 Å². The van der Waals surface area contributed by atoms with Gasteiger partial charge in [-0.25, -0.2) is 0 Å². The molecule has 6 heteroatoms. The average Bonchev–Trinajstić information content (AvgIpc) is 2.52. The fourth-order valence-corrected chi connectivity index (χ4v) is 2.94. The average molecular weight is 333 g/mol. The summed E-state index contributed by atoms with van der Waals surface area (Å²) >= 11 is 1.50. The Balaban J connectivity index is 2.44. The Kier molecular flexibility index (Phi) is 5.87. The van der Waals surface area contributed by atoms with E-state index in [0.29, 0.717) is 19.0 Å². The van der Waals surface area contributed by atoms with Crippen LogP contribution in [0.2, 0.25) is 0 Å². The standard InChI is InChI=1S/C17H19NO4S/c1-4-21-15-11-17(23-13-8-6-12(3)7-9-13)16(22-5-2)10-14(15)18(19)20/h6-11H,4-5H2,1-3H3. The van der Waals surface area contributed by atoms with Crippen LogP contribution in [0.15, 0.2) is 46.2 Å². The number of benzene rings is 2. The van der Waals surface area contributed by atoms with Crippen molar-refractivity contribution >= 4 is 17.4 Å². The summed E-state index contributed by atoms with van der Waals surface area (Å²) in [6.07, 6.45) is 0. The highest BCUT2D eigenvalue weighted by atomic mass is 32.2. The van der Waals surface area contributed by atoms with Gasteiger partial charge in [0.25, 0.3) is 0 Å². The van der Waals surface area contributed by atoms with Crippen molar-refractivity contribution in [3.05, 3.63) is 52.1 Å². The Labute approximate surface area is 139 Å². The van der Waals surface area contributed by atoms with Crippen LogP contribution in [0.4, 0.5) is 5.69 Å². The van der Waals surface area contributed by atoms with Gasteiger partial charge in [-0.2, -0.15) is 0 Å². The molecule has 0 atom stereocenters. The minimum Gasteiger partial charge on any atom is -0.492 e. The van der Waals surface area contributed by atoms with E-state index in [-0.39, 0.29) is 11.4 Å². The van der Waals surface area contributed by atoms with Crippen LogP contribution in [-0.2, 0) is 0 Å². The minimum atomic E-state index is -0.451. The van der Waals surface area contributed by atoms with Crippen molar-refractivity contribution in [1.82, 2.24) is 0 Å². The summed E-state index contributed by atoms with van der Waals surface area (Å²) in [5.74, 6) is 0.754. The Bertz CT molecular complexity index is 686. The molecule has 0 aliphatic carbocycles. The third-order valence-electron chi connectivity index (χ3n) is 3.07. The van der Waals surface area contributed by atoms with Crippen molar-refractivity contribution in [3.8, 4) is 11.5 Å². The van der Waals surface area contributed by atoms with Gasteiger partial charge in [0.2, 0.25) is 0 Å². The highest BCUT2D eigenvalue weighted by molar-refractivity contribution is 7.99. The first-order valence-electron chi connectivity index (χ1n) is 7.37. The van der Waals surface area contributed by atoms with Crippen LogP contribution in [0.1, 0.15) is 19.4 Å². The van der Waals surface area contributed by atoms with Crippen LogP contribution in [0.25, 0.3) is 0 Å². The summed E-state index contributed by atoms with van der Waals surface area (Å²) in [6.45, 7) is 6.48. The molecule has 0 aliphatic heterocycles. The molecule has 0 saturated carbocycles. The molecule has 5 nitrogen and oxygen atoms in total. The van der Waals surface area contributed by atoms with Crippen molar-refractivity contribution in [3.63, 3.8) is 0 Å². The van der Waals surface area contributed by atoms with Gasteiger partial charge in [-0.15, -0.1) is 0 Å². The van der Waals surface area contributed by atoms with E-state index in [1.54, 1.807) is 13.0 Å². The SMILES string of the molecule is CCOc1cc([N+](=O)[O-])c(OCC)cc1Sc1ccc(C)cc1. The summed E-state index contributed by atoms with van der Waals surface area (Å²) in [6, 6.07) is 11.2. The van der Waals surface area contributed by atoms with E-state index in [9.17, 15) is 10.1 Å². The van der Waals surface area contributed by atoms with E-state index in [2.05, 4.69) is 0 Å². The molecule has 0 heterocycles. The van der Waals surface area contributed by atoms with E-state index in [1.807, 2.05) is 38.1 Å². The molecule has 2 aromatic carbocycles. The van der Waals surface area contributed by atoms with E-state index in [1.165, 1.54) is 23.4 Å². The van der Waals surface area contributed by atoms with Crippen LogP contribution >= 0.6 is 11.8 Å². The van der Waals surface area contributed by atoms with Crippen molar-refractivity contribution in [2.75, 3.05) is 13.2 Å². The van der Waals surface area contributed by atoms with Crippen LogP contribution in [0.5, 0.6) is 11.5 Å². The largest absolute Gasteiger partial charge is 0.492 e. The van der Waals surface area contributed by atoms with Gasteiger partial charge in [0.15, 0.2) is 5.75 Å². The summed E-state index contributed by atoms with van der Waals surface area (Å²) in [5, 5.41) is 11.2. The topological polar surface area (TPSA) is 61.6 Å². The summed E-state index contributed by atoms with van der Waals surface area (Å²) in [4.78, 5) is 12.6. The lowest BCUT2D eigenvalue weighted by atomic mass is 10.2. The lowest BCUT2D eigenvalue weighted by molar-refractivity contribution is -0.386. The zero-order chi connectivity index (χ0) is 16.8. The van der Waals surface area contributed by atoms with Crippen LogP contribution in [0.3, 0.4) is 0 Å². The Morgan fingerprint density at radius 1 is 1.04 bits per heavy atom. The number of nitro benzene ring substituents is 1. The highest BCUT2D eigenvalue weighted by Gasteiger charge is 2.21. The number of aryl methyl sites for hydroxylation is 1. The second-order valence-electron chi connectivity index (χ2n) is 4.80. The second kappa shape index (κ2) is 7.87. The third kappa shape index (κ3) is 4.39. The monoisotopic (exact) mass is 333 g/mol. The minimum absolute atomic E-state index is 0.0800. The van der Waals surface area contributed by atoms with E-state index >= 15 is 0 Å². The van der Waals surface area contributed by atoms with Gasteiger partial charge in [0.05, 0.1) is 29.1 Å². The lowest BCUT2D eigenvalue weighted by Crippen LogP contribution is -2.00. The van der Waals surface area contributed by atoms with Crippen molar-refractivity contribution in [2.24, 2.45) is 0 Å². The van der Waals surface area contributed by atoms with Gasteiger partial charge in [-0.05, 0) is 32.9 Å². The maximum Gasteiger partial charge on any atom is 0.314 e. The van der Waals surface area contributed by atoms with E-state index in [0.717, 1.165) is 9.79 Å². The molecule has 0 spiro atoms. The lowest BCUT2D eigenvalue weighted by Gasteiger charge is -2.13. The van der Waals surface area contributed by atoms with Gasteiger partial charge in [-0.1, -0.05) is 29.5 Å². The zero-order valence-electron chi connectivity index (χ0n) is 13.4. The molecule has 122 valence electrons. The summed E-state index contributed by atoms with van der Waals surface area (Å²) < 4.78 is 11.0. The number of rotatable bonds is 7. The molecule has 2 rings (SSSR count). The summed E-state index contributed by atoms with van der Waals surface area (Å²) in [5.41, 5.74) is 1.10. The van der Waals surface area contributed by atoms with E-state index in [4.69, 9.17) is 9.47 Å². The molecule has 0 aromatic heterocycles. The van der Waals surface area contributed by atoms with Gasteiger partial charge < -0.3 is 9.47 Å². The number of ether oxygens (including phenoxy) is 2. The molecule has 0 unspecified atom stereocenters. The van der Waals surface area contributed by atoms with Crippen LogP contribution in [0, 0.1) is 17.0 Å². The van der Waals surface area contributed by atoms with Gasteiger partial charge >= 0.3 is 5.69 Å². The van der Waals surface area contributed by atoms with Crippen LogP contribution < -0.4 is 9.47 Å². The summed E-state index contributed by atoms with van der Waals surface area (Å²) in [7, 11) is 0. The fourth-order valence-electron chi connectivity index (χ4n) is 2.03. The Hall–Kier alpha value is -2.21. The van der Waals surface area contributed by atoms with Gasteiger partial charge in [0, 0.05) is 11.0 Å². The molecule has 0 bridgehead atoms. The van der Waals surface area contributed by atoms with Gasteiger partial charge in [-0.3, -0.25) is 10.1 Å². The first-order chi connectivity index (χ1) is 11.0.